The fraction of sp³-hybridized carbons (Fsp3) is 0.267. The molecule has 0 saturated heterocycles. The van der Waals surface area contributed by atoms with Gasteiger partial charge in [0, 0.05) is 26.0 Å². The second-order valence-electron chi connectivity index (χ2n) is 4.48. The van der Waals surface area contributed by atoms with Crippen LogP contribution >= 0.6 is 0 Å². The van der Waals surface area contributed by atoms with Crippen LogP contribution < -0.4 is 9.64 Å². The molecule has 0 spiro atoms. The first-order valence-corrected chi connectivity index (χ1v) is 6.11. The zero-order chi connectivity index (χ0) is 13.8. The maximum absolute atomic E-state index is 12.1. The number of ketones is 1. The van der Waals surface area contributed by atoms with Gasteiger partial charge in [0.2, 0.25) is 0 Å². The number of aryl methyl sites for hydroxylation is 1. The molecule has 2 aromatic rings. The molecule has 0 fully saturated rings. The monoisotopic (exact) mass is 258 g/mol. The zero-order valence-electron chi connectivity index (χ0n) is 11.5. The second kappa shape index (κ2) is 5.61. The molecular formula is C15H18N2O2. The van der Waals surface area contributed by atoms with Crippen LogP contribution in [0.2, 0.25) is 0 Å². The predicted octanol–water partition coefficient (Wildman–Crippen LogP) is 2.35. The lowest BCUT2D eigenvalue weighted by Gasteiger charge is -2.18. The highest BCUT2D eigenvalue weighted by atomic mass is 16.5. The van der Waals surface area contributed by atoms with E-state index in [1.807, 2.05) is 66.2 Å². The number of Topliss-reactive ketones (excluding diaryl/α,β-unsaturated/α-hetero) is 1. The molecular weight excluding hydrogens is 240 g/mol. The Hall–Kier alpha value is -2.23. The van der Waals surface area contributed by atoms with E-state index in [0.717, 1.165) is 17.1 Å². The summed E-state index contributed by atoms with van der Waals surface area (Å²) < 4.78 is 6.95. The number of methoxy groups -OCH3 is 1. The molecule has 0 radical (unpaired) electrons. The molecule has 0 atom stereocenters. The van der Waals surface area contributed by atoms with Gasteiger partial charge in [-0.3, -0.25) is 4.79 Å². The first-order chi connectivity index (χ1) is 9.11. The van der Waals surface area contributed by atoms with Crippen LogP contribution in [0.15, 0.2) is 42.6 Å². The third-order valence-corrected chi connectivity index (χ3v) is 3.12. The van der Waals surface area contributed by atoms with Crippen molar-refractivity contribution in [3.05, 3.63) is 48.3 Å². The lowest BCUT2D eigenvalue weighted by atomic mass is 10.2. The molecule has 100 valence electrons. The molecule has 1 heterocycles. The summed E-state index contributed by atoms with van der Waals surface area (Å²) in [6.07, 6.45) is 1.88. The van der Waals surface area contributed by atoms with Gasteiger partial charge >= 0.3 is 0 Å². The molecule has 0 aliphatic carbocycles. The molecule has 19 heavy (non-hydrogen) atoms. The number of nitrogens with zero attached hydrogens (tertiary/aromatic N) is 2. The van der Waals surface area contributed by atoms with E-state index in [4.69, 9.17) is 4.74 Å². The quantitative estimate of drug-likeness (QED) is 0.772. The van der Waals surface area contributed by atoms with Crippen LogP contribution in [0.5, 0.6) is 5.75 Å². The molecule has 0 unspecified atom stereocenters. The summed E-state index contributed by atoms with van der Waals surface area (Å²) in [7, 11) is 5.42. The molecule has 0 saturated carbocycles. The fourth-order valence-electron chi connectivity index (χ4n) is 1.98. The Morgan fingerprint density at radius 2 is 1.95 bits per heavy atom. The van der Waals surface area contributed by atoms with E-state index in [2.05, 4.69) is 0 Å². The summed E-state index contributed by atoms with van der Waals surface area (Å²) >= 11 is 0. The molecule has 0 aliphatic rings. The summed E-state index contributed by atoms with van der Waals surface area (Å²) in [6.45, 7) is 0.351. The molecule has 2 rings (SSSR count). The maximum atomic E-state index is 12.1. The van der Waals surface area contributed by atoms with E-state index >= 15 is 0 Å². The molecule has 4 heteroatoms. The van der Waals surface area contributed by atoms with Crippen molar-refractivity contribution in [1.82, 2.24) is 4.57 Å². The lowest BCUT2D eigenvalue weighted by molar-refractivity contribution is 0.0992. The third kappa shape index (κ3) is 2.96. The number of benzene rings is 1. The average Bonchev–Trinajstić information content (AvgIpc) is 2.85. The van der Waals surface area contributed by atoms with Crippen LogP contribution in [0.3, 0.4) is 0 Å². The van der Waals surface area contributed by atoms with Crippen molar-refractivity contribution in [1.29, 1.82) is 0 Å². The van der Waals surface area contributed by atoms with Gasteiger partial charge in [-0.15, -0.1) is 0 Å². The van der Waals surface area contributed by atoms with E-state index in [1.165, 1.54) is 0 Å². The maximum Gasteiger partial charge on any atom is 0.198 e. The predicted molar refractivity (Wildman–Crippen MR) is 76.0 cm³/mol. The highest BCUT2D eigenvalue weighted by molar-refractivity contribution is 5.97. The van der Waals surface area contributed by atoms with Crippen molar-refractivity contribution >= 4 is 11.5 Å². The van der Waals surface area contributed by atoms with E-state index in [0.29, 0.717) is 6.54 Å². The van der Waals surface area contributed by atoms with Gasteiger partial charge in [0.1, 0.15) is 5.75 Å². The van der Waals surface area contributed by atoms with Crippen molar-refractivity contribution in [2.24, 2.45) is 7.05 Å². The van der Waals surface area contributed by atoms with Crippen LogP contribution in [0.4, 0.5) is 5.69 Å². The smallest absolute Gasteiger partial charge is 0.198 e. The second-order valence-corrected chi connectivity index (χ2v) is 4.48. The summed E-state index contributed by atoms with van der Waals surface area (Å²) in [4.78, 5) is 14.1. The molecule has 1 aromatic heterocycles. The Bertz CT molecular complexity index is 558. The topological polar surface area (TPSA) is 34.5 Å². The van der Waals surface area contributed by atoms with Gasteiger partial charge in [-0.25, -0.2) is 0 Å². The third-order valence-electron chi connectivity index (χ3n) is 3.12. The molecule has 0 aliphatic heterocycles. The number of likely N-dealkylation sites (N-methyl/N-ethyl adjacent to an activating group) is 1. The van der Waals surface area contributed by atoms with Gasteiger partial charge in [0.15, 0.2) is 5.78 Å². The Morgan fingerprint density at radius 3 is 2.47 bits per heavy atom. The zero-order valence-corrected chi connectivity index (χ0v) is 11.5. The Kier molecular flexibility index (Phi) is 3.90. The molecule has 0 bridgehead atoms. The number of hydrogen-bond acceptors (Lipinski definition) is 3. The van der Waals surface area contributed by atoms with Crippen molar-refractivity contribution in [3.63, 3.8) is 0 Å². The minimum atomic E-state index is 0.103. The first kappa shape index (κ1) is 13.2. The van der Waals surface area contributed by atoms with Crippen molar-refractivity contribution in [2.45, 2.75) is 0 Å². The highest BCUT2D eigenvalue weighted by Gasteiger charge is 2.12. The standard InChI is InChI=1S/C15H18N2O2/c1-16-10-4-5-14(16)15(18)11-17(2)12-6-8-13(19-3)9-7-12/h4-10H,11H2,1-3H3. The van der Waals surface area contributed by atoms with Gasteiger partial charge in [-0.05, 0) is 36.4 Å². The van der Waals surface area contributed by atoms with Gasteiger partial charge in [-0.1, -0.05) is 0 Å². The fourth-order valence-corrected chi connectivity index (χ4v) is 1.98. The largest absolute Gasteiger partial charge is 0.497 e. The SMILES string of the molecule is COc1ccc(N(C)CC(=O)c2cccn2C)cc1. The number of hydrogen-bond donors (Lipinski definition) is 0. The summed E-state index contributed by atoms with van der Waals surface area (Å²) in [5.74, 6) is 0.914. The van der Waals surface area contributed by atoms with Gasteiger partial charge in [0.05, 0.1) is 19.3 Å². The Labute approximate surface area is 113 Å². The normalized spacial score (nSPS) is 10.3. The molecule has 0 N–H and O–H groups in total. The number of aromatic nitrogens is 1. The van der Waals surface area contributed by atoms with E-state index in [1.54, 1.807) is 7.11 Å². The summed E-state index contributed by atoms with van der Waals surface area (Å²) in [5.41, 5.74) is 1.71. The number of anilines is 1. The first-order valence-electron chi connectivity index (χ1n) is 6.11. The van der Waals surface area contributed by atoms with Crippen LogP contribution in [0, 0.1) is 0 Å². The lowest BCUT2D eigenvalue weighted by Crippen LogP contribution is -2.26. The van der Waals surface area contributed by atoms with Crippen molar-refractivity contribution in [3.8, 4) is 5.75 Å². The Morgan fingerprint density at radius 1 is 1.26 bits per heavy atom. The Balaban J connectivity index is 2.06. The van der Waals surface area contributed by atoms with E-state index < -0.39 is 0 Å². The minimum absolute atomic E-state index is 0.103. The van der Waals surface area contributed by atoms with Crippen LogP contribution in [-0.2, 0) is 7.05 Å². The average molecular weight is 258 g/mol. The molecule has 0 amide bonds. The van der Waals surface area contributed by atoms with Crippen molar-refractivity contribution in [2.75, 3.05) is 25.6 Å². The number of ether oxygens (including phenoxy) is 1. The number of carbonyl (C=O) groups is 1. The molecule has 1 aromatic carbocycles. The van der Waals surface area contributed by atoms with Gasteiger partial charge in [-0.2, -0.15) is 0 Å². The number of carbonyl (C=O) groups excluding carboxylic acids is 1. The van der Waals surface area contributed by atoms with E-state index in [9.17, 15) is 4.79 Å². The summed E-state index contributed by atoms with van der Waals surface area (Å²) in [6, 6.07) is 11.4. The van der Waals surface area contributed by atoms with E-state index in [-0.39, 0.29) is 5.78 Å². The highest BCUT2D eigenvalue weighted by Crippen LogP contribution is 2.18. The summed E-state index contributed by atoms with van der Waals surface area (Å²) in [5, 5.41) is 0. The number of rotatable bonds is 5. The molecule has 4 nitrogen and oxygen atoms in total. The van der Waals surface area contributed by atoms with Crippen molar-refractivity contribution < 1.29 is 9.53 Å². The minimum Gasteiger partial charge on any atom is -0.497 e. The van der Waals surface area contributed by atoms with Crippen LogP contribution in [-0.4, -0.2) is 31.1 Å². The van der Waals surface area contributed by atoms with Gasteiger partial charge < -0.3 is 14.2 Å². The van der Waals surface area contributed by atoms with Crippen LogP contribution in [0.1, 0.15) is 10.5 Å². The van der Waals surface area contributed by atoms with Crippen LogP contribution in [0.25, 0.3) is 0 Å². The van der Waals surface area contributed by atoms with Gasteiger partial charge in [0.25, 0.3) is 0 Å².